The topological polar surface area (TPSA) is 38.5 Å². The Morgan fingerprint density at radius 2 is 1.69 bits per heavy atom. The van der Waals surface area contributed by atoms with E-state index >= 15 is 0 Å². The summed E-state index contributed by atoms with van der Waals surface area (Å²) < 4.78 is 5.39. The summed E-state index contributed by atoms with van der Waals surface area (Å²) in [7, 11) is 1.81. The molecule has 3 heteroatoms. The maximum atomic E-state index is 6.23. The first-order valence-corrected chi connectivity index (χ1v) is 6.30. The number of nitrogens with two attached hydrogens (primary N) is 1. The first-order chi connectivity index (χ1) is 7.26. The minimum Gasteiger partial charge on any atom is -0.381 e. The van der Waals surface area contributed by atoms with Crippen LogP contribution in [0.1, 0.15) is 40.5 Å². The molecular formula is C13H28N2O. The number of ether oxygens (including phenoxy) is 1. The quantitative estimate of drug-likeness (QED) is 0.798. The van der Waals surface area contributed by atoms with Crippen molar-refractivity contribution in [1.29, 1.82) is 0 Å². The molecule has 1 aliphatic heterocycles. The Hall–Kier alpha value is -0.120. The molecule has 2 N–H and O–H groups in total. The molecule has 16 heavy (non-hydrogen) atoms. The zero-order chi connectivity index (χ0) is 12.4. The molecule has 1 aliphatic rings. The molecule has 1 rings (SSSR count). The molecule has 0 radical (unpaired) electrons. The van der Waals surface area contributed by atoms with Crippen LogP contribution in [-0.4, -0.2) is 43.3 Å². The van der Waals surface area contributed by atoms with Gasteiger partial charge in [-0.2, -0.15) is 0 Å². The molecule has 0 aliphatic carbocycles. The van der Waals surface area contributed by atoms with Gasteiger partial charge < -0.3 is 15.4 Å². The van der Waals surface area contributed by atoms with Gasteiger partial charge in [0.05, 0.1) is 6.10 Å². The summed E-state index contributed by atoms with van der Waals surface area (Å²) in [6.45, 7) is 12.1. The molecule has 0 aromatic heterocycles. The maximum Gasteiger partial charge on any atom is 0.0595 e. The summed E-state index contributed by atoms with van der Waals surface area (Å²) in [6.07, 6.45) is 2.76. The van der Waals surface area contributed by atoms with E-state index in [0.29, 0.717) is 6.10 Å². The highest BCUT2D eigenvalue weighted by atomic mass is 16.5. The van der Waals surface area contributed by atoms with Crippen LogP contribution in [0.25, 0.3) is 0 Å². The highest BCUT2D eigenvalue weighted by Gasteiger charge is 2.35. The lowest BCUT2D eigenvalue weighted by atomic mass is 9.74. The van der Waals surface area contributed by atoms with Gasteiger partial charge in [-0.25, -0.2) is 0 Å². The van der Waals surface area contributed by atoms with Crippen LogP contribution in [-0.2, 0) is 4.74 Å². The molecule has 0 saturated carbocycles. The molecule has 0 bridgehead atoms. The number of nitrogens with zero attached hydrogens (tertiary/aromatic N) is 1. The van der Waals surface area contributed by atoms with Crippen molar-refractivity contribution in [3.05, 3.63) is 0 Å². The zero-order valence-corrected chi connectivity index (χ0v) is 11.5. The lowest BCUT2D eigenvalue weighted by molar-refractivity contribution is 0.0209. The number of hydrogen-bond donors (Lipinski definition) is 1. The van der Waals surface area contributed by atoms with Crippen molar-refractivity contribution >= 4 is 0 Å². The molecule has 0 unspecified atom stereocenters. The van der Waals surface area contributed by atoms with E-state index < -0.39 is 0 Å². The lowest BCUT2D eigenvalue weighted by Crippen LogP contribution is -2.54. The molecule has 1 saturated heterocycles. The van der Waals surface area contributed by atoms with E-state index in [4.69, 9.17) is 10.5 Å². The van der Waals surface area contributed by atoms with E-state index in [2.05, 4.69) is 32.6 Å². The largest absolute Gasteiger partial charge is 0.381 e. The second-order valence-corrected chi connectivity index (χ2v) is 6.32. The fourth-order valence-electron chi connectivity index (χ4n) is 2.07. The van der Waals surface area contributed by atoms with E-state index in [0.717, 1.165) is 32.5 Å². The van der Waals surface area contributed by atoms with Gasteiger partial charge >= 0.3 is 0 Å². The highest BCUT2D eigenvalue weighted by molar-refractivity contribution is 4.93. The SMILES string of the molecule is COC1CCN(CC(C)(C)C(C)(C)N)CC1. The van der Waals surface area contributed by atoms with Crippen molar-refractivity contribution < 1.29 is 4.74 Å². The molecule has 0 aromatic rings. The average Bonchev–Trinajstić information content (AvgIpc) is 2.16. The van der Waals surface area contributed by atoms with Crippen LogP contribution in [0.15, 0.2) is 0 Å². The van der Waals surface area contributed by atoms with Gasteiger partial charge in [0.2, 0.25) is 0 Å². The molecule has 3 nitrogen and oxygen atoms in total. The van der Waals surface area contributed by atoms with E-state index in [-0.39, 0.29) is 11.0 Å². The van der Waals surface area contributed by atoms with Crippen molar-refractivity contribution in [1.82, 2.24) is 4.90 Å². The molecule has 1 heterocycles. The van der Waals surface area contributed by atoms with Crippen LogP contribution in [0.5, 0.6) is 0 Å². The summed E-state index contributed by atoms with van der Waals surface area (Å²) in [4.78, 5) is 2.52. The van der Waals surface area contributed by atoms with E-state index in [1.54, 1.807) is 0 Å². The Labute approximate surface area is 100 Å². The predicted octanol–water partition coefficient (Wildman–Crippen LogP) is 1.86. The van der Waals surface area contributed by atoms with Crippen molar-refractivity contribution in [3.8, 4) is 0 Å². The van der Waals surface area contributed by atoms with Crippen molar-refractivity contribution in [2.45, 2.75) is 52.2 Å². The number of rotatable bonds is 4. The monoisotopic (exact) mass is 228 g/mol. The van der Waals surface area contributed by atoms with Gasteiger partial charge in [-0.05, 0) is 32.1 Å². The smallest absolute Gasteiger partial charge is 0.0595 e. The summed E-state index contributed by atoms with van der Waals surface area (Å²) in [6, 6.07) is 0. The van der Waals surface area contributed by atoms with Crippen LogP contribution in [0.3, 0.4) is 0 Å². The fraction of sp³-hybridized carbons (Fsp3) is 1.00. The Morgan fingerprint density at radius 1 is 1.19 bits per heavy atom. The highest BCUT2D eigenvalue weighted by Crippen LogP contribution is 2.30. The number of hydrogen-bond acceptors (Lipinski definition) is 3. The average molecular weight is 228 g/mol. The number of likely N-dealkylation sites (tertiary alicyclic amines) is 1. The van der Waals surface area contributed by atoms with Gasteiger partial charge in [-0.15, -0.1) is 0 Å². The third kappa shape index (κ3) is 3.44. The van der Waals surface area contributed by atoms with E-state index in [1.165, 1.54) is 0 Å². The molecule has 1 fully saturated rings. The Morgan fingerprint density at radius 3 is 2.06 bits per heavy atom. The third-order valence-electron chi connectivity index (χ3n) is 4.23. The maximum absolute atomic E-state index is 6.23. The van der Waals surface area contributed by atoms with Crippen LogP contribution < -0.4 is 5.73 Å². The first-order valence-electron chi connectivity index (χ1n) is 6.30. The first kappa shape index (κ1) is 13.9. The van der Waals surface area contributed by atoms with Gasteiger partial charge in [0, 0.05) is 32.3 Å². The van der Waals surface area contributed by atoms with Crippen LogP contribution in [0, 0.1) is 5.41 Å². The fourth-order valence-corrected chi connectivity index (χ4v) is 2.07. The Balaban J connectivity index is 2.45. The van der Waals surface area contributed by atoms with E-state index in [1.807, 2.05) is 7.11 Å². The number of piperidine rings is 1. The third-order valence-corrected chi connectivity index (χ3v) is 4.23. The summed E-state index contributed by atoms with van der Waals surface area (Å²) in [5.41, 5.74) is 6.24. The standard InChI is InChI=1S/C13H28N2O/c1-12(2,13(3,4)14)10-15-8-6-11(16-5)7-9-15/h11H,6-10,14H2,1-5H3. The van der Waals surface area contributed by atoms with Crippen LogP contribution >= 0.6 is 0 Å². The zero-order valence-electron chi connectivity index (χ0n) is 11.5. The normalized spacial score (nSPS) is 21.4. The van der Waals surface area contributed by atoms with Gasteiger partial charge in [0.25, 0.3) is 0 Å². The minimum atomic E-state index is -0.134. The van der Waals surface area contributed by atoms with E-state index in [9.17, 15) is 0 Å². The van der Waals surface area contributed by atoms with Gasteiger partial charge in [-0.1, -0.05) is 13.8 Å². The van der Waals surface area contributed by atoms with Gasteiger partial charge in [0.1, 0.15) is 0 Å². The lowest BCUT2D eigenvalue weighted by Gasteiger charge is -2.43. The second-order valence-electron chi connectivity index (χ2n) is 6.32. The molecule has 0 spiro atoms. The Bertz CT molecular complexity index is 212. The molecular weight excluding hydrogens is 200 g/mol. The number of methoxy groups -OCH3 is 1. The Kier molecular flexibility index (Phi) is 4.38. The van der Waals surface area contributed by atoms with Crippen LogP contribution in [0.4, 0.5) is 0 Å². The summed E-state index contributed by atoms with van der Waals surface area (Å²) >= 11 is 0. The molecule has 96 valence electrons. The summed E-state index contributed by atoms with van der Waals surface area (Å²) in [5.74, 6) is 0. The van der Waals surface area contributed by atoms with Gasteiger partial charge in [-0.3, -0.25) is 0 Å². The minimum absolute atomic E-state index is 0.134. The summed E-state index contributed by atoms with van der Waals surface area (Å²) in [5, 5.41) is 0. The van der Waals surface area contributed by atoms with Crippen molar-refractivity contribution in [2.75, 3.05) is 26.7 Å². The predicted molar refractivity (Wildman–Crippen MR) is 68.5 cm³/mol. The van der Waals surface area contributed by atoms with Crippen molar-refractivity contribution in [3.63, 3.8) is 0 Å². The molecule has 0 amide bonds. The molecule has 0 atom stereocenters. The van der Waals surface area contributed by atoms with Gasteiger partial charge in [0.15, 0.2) is 0 Å². The second kappa shape index (κ2) is 5.03. The molecule has 0 aromatic carbocycles. The van der Waals surface area contributed by atoms with Crippen LogP contribution in [0.2, 0.25) is 0 Å². The van der Waals surface area contributed by atoms with Crippen molar-refractivity contribution in [2.24, 2.45) is 11.1 Å².